The zero-order valence-corrected chi connectivity index (χ0v) is 9.90. The topological polar surface area (TPSA) is 12.0 Å². The zero-order valence-electron chi connectivity index (χ0n) is 8.32. The molecule has 1 aromatic carbocycles. The van der Waals surface area contributed by atoms with Gasteiger partial charge in [0, 0.05) is 11.0 Å². The summed E-state index contributed by atoms with van der Waals surface area (Å²) in [5, 5.41) is 3.20. The van der Waals surface area contributed by atoms with Gasteiger partial charge in [-0.2, -0.15) is 0 Å². The molecule has 0 heterocycles. The number of anilines is 1. The van der Waals surface area contributed by atoms with Crippen molar-refractivity contribution < 1.29 is 4.39 Å². The van der Waals surface area contributed by atoms with Crippen molar-refractivity contribution >= 4 is 21.6 Å². The number of hydrogen-bond donors (Lipinski definition) is 1. The second kappa shape index (κ2) is 6.02. The van der Waals surface area contributed by atoms with Crippen molar-refractivity contribution in [1.82, 2.24) is 0 Å². The molecule has 14 heavy (non-hydrogen) atoms. The van der Waals surface area contributed by atoms with E-state index in [4.69, 9.17) is 0 Å². The molecular formula is C11H15BrFN. The number of benzene rings is 1. The van der Waals surface area contributed by atoms with Gasteiger partial charge in [0.05, 0.1) is 5.69 Å². The van der Waals surface area contributed by atoms with Crippen molar-refractivity contribution in [1.29, 1.82) is 0 Å². The van der Waals surface area contributed by atoms with Gasteiger partial charge >= 0.3 is 0 Å². The summed E-state index contributed by atoms with van der Waals surface area (Å²) >= 11 is 3.37. The van der Waals surface area contributed by atoms with Crippen LogP contribution in [0.5, 0.6) is 0 Å². The Morgan fingerprint density at radius 1 is 1.36 bits per heavy atom. The highest BCUT2D eigenvalue weighted by atomic mass is 79.9. The van der Waals surface area contributed by atoms with Crippen molar-refractivity contribution in [3.8, 4) is 0 Å². The van der Waals surface area contributed by atoms with Crippen molar-refractivity contribution in [3.63, 3.8) is 0 Å². The molecule has 0 saturated carbocycles. The Labute approximate surface area is 92.8 Å². The number of hydrogen-bond acceptors (Lipinski definition) is 1. The highest BCUT2D eigenvalue weighted by Crippen LogP contribution is 2.22. The van der Waals surface area contributed by atoms with Crippen LogP contribution in [0.25, 0.3) is 0 Å². The smallest absolute Gasteiger partial charge is 0.125 e. The molecule has 0 spiro atoms. The third-order valence-corrected chi connectivity index (χ3v) is 2.72. The van der Waals surface area contributed by atoms with Crippen LogP contribution in [0.1, 0.15) is 26.2 Å². The van der Waals surface area contributed by atoms with Crippen LogP contribution in [0.2, 0.25) is 0 Å². The average molecular weight is 260 g/mol. The molecule has 0 saturated heterocycles. The van der Waals surface area contributed by atoms with Crippen LogP contribution in [0.3, 0.4) is 0 Å². The lowest BCUT2D eigenvalue weighted by Crippen LogP contribution is -2.02. The monoisotopic (exact) mass is 259 g/mol. The molecule has 1 rings (SSSR count). The molecule has 0 aliphatic carbocycles. The summed E-state index contributed by atoms with van der Waals surface area (Å²) in [6, 6.07) is 4.68. The van der Waals surface area contributed by atoms with E-state index in [2.05, 4.69) is 28.2 Å². The summed E-state index contributed by atoms with van der Waals surface area (Å²) in [7, 11) is 0. The second-order valence-electron chi connectivity index (χ2n) is 3.26. The lowest BCUT2D eigenvalue weighted by molar-refractivity contribution is 0.627. The van der Waals surface area contributed by atoms with Crippen LogP contribution in [-0.2, 0) is 0 Å². The molecule has 1 aromatic rings. The highest BCUT2D eigenvalue weighted by molar-refractivity contribution is 9.10. The van der Waals surface area contributed by atoms with Crippen molar-refractivity contribution in [2.45, 2.75) is 26.2 Å². The van der Waals surface area contributed by atoms with Gasteiger partial charge in [0.1, 0.15) is 5.82 Å². The van der Waals surface area contributed by atoms with E-state index in [-0.39, 0.29) is 5.82 Å². The summed E-state index contributed by atoms with van der Waals surface area (Å²) < 4.78 is 13.8. The fraction of sp³-hybridized carbons (Fsp3) is 0.455. The van der Waals surface area contributed by atoms with E-state index in [1.54, 1.807) is 6.07 Å². The quantitative estimate of drug-likeness (QED) is 0.783. The Morgan fingerprint density at radius 2 is 2.14 bits per heavy atom. The van der Waals surface area contributed by atoms with Crippen LogP contribution < -0.4 is 5.32 Å². The summed E-state index contributed by atoms with van der Waals surface area (Å²) in [4.78, 5) is 0. The molecule has 1 nitrogen and oxygen atoms in total. The van der Waals surface area contributed by atoms with Crippen LogP contribution in [-0.4, -0.2) is 6.54 Å². The van der Waals surface area contributed by atoms with E-state index in [9.17, 15) is 4.39 Å². The van der Waals surface area contributed by atoms with Crippen molar-refractivity contribution in [2.24, 2.45) is 0 Å². The maximum atomic E-state index is 12.9. The lowest BCUT2D eigenvalue weighted by Gasteiger charge is -2.07. The summed E-state index contributed by atoms with van der Waals surface area (Å²) in [5.74, 6) is -0.203. The fourth-order valence-electron chi connectivity index (χ4n) is 1.23. The zero-order chi connectivity index (χ0) is 10.4. The number of rotatable bonds is 5. The Morgan fingerprint density at radius 3 is 2.86 bits per heavy atom. The molecule has 0 atom stereocenters. The van der Waals surface area contributed by atoms with E-state index in [0.717, 1.165) is 23.1 Å². The van der Waals surface area contributed by atoms with Crippen LogP contribution in [0, 0.1) is 5.82 Å². The van der Waals surface area contributed by atoms with E-state index in [0.29, 0.717) is 0 Å². The van der Waals surface area contributed by atoms with E-state index < -0.39 is 0 Å². The molecule has 0 radical (unpaired) electrons. The van der Waals surface area contributed by atoms with Crippen molar-refractivity contribution in [2.75, 3.05) is 11.9 Å². The SMILES string of the molecule is CCCCCNc1cc(F)ccc1Br. The third kappa shape index (κ3) is 3.66. The van der Waals surface area contributed by atoms with Gasteiger partial charge < -0.3 is 5.32 Å². The Kier molecular flexibility index (Phi) is 4.94. The molecule has 0 fully saturated rings. The summed E-state index contributed by atoms with van der Waals surface area (Å²) in [5.41, 5.74) is 0.834. The van der Waals surface area contributed by atoms with Crippen LogP contribution in [0.4, 0.5) is 10.1 Å². The number of unbranched alkanes of at least 4 members (excludes halogenated alkanes) is 2. The molecule has 0 aliphatic rings. The third-order valence-electron chi connectivity index (χ3n) is 2.02. The highest BCUT2D eigenvalue weighted by Gasteiger charge is 1.99. The Bertz CT molecular complexity index is 289. The fourth-order valence-corrected chi connectivity index (χ4v) is 1.62. The van der Waals surface area contributed by atoms with Gasteiger partial charge in [-0.1, -0.05) is 19.8 Å². The van der Waals surface area contributed by atoms with Gasteiger partial charge in [-0.25, -0.2) is 4.39 Å². The van der Waals surface area contributed by atoms with E-state index >= 15 is 0 Å². The van der Waals surface area contributed by atoms with Gasteiger partial charge in [-0.15, -0.1) is 0 Å². The van der Waals surface area contributed by atoms with E-state index in [1.807, 2.05) is 0 Å². The van der Waals surface area contributed by atoms with Gasteiger partial charge in [0.25, 0.3) is 0 Å². The average Bonchev–Trinajstić information content (AvgIpc) is 2.18. The molecule has 0 unspecified atom stereocenters. The Hall–Kier alpha value is -0.570. The van der Waals surface area contributed by atoms with Crippen LogP contribution in [0.15, 0.2) is 22.7 Å². The van der Waals surface area contributed by atoms with Gasteiger partial charge in [0.2, 0.25) is 0 Å². The minimum absolute atomic E-state index is 0.203. The first-order valence-corrected chi connectivity index (χ1v) is 5.72. The summed E-state index contributed by atoms with van der Waals surface area (Å²) in [6.45, 7) is 3.06. The van der Waals surface area contributed by atoms with Gasteiger partial charge in [-0.05, 0) is 40.5 Å². The molecule has 0 aliphatic heterocycles. The second-order valence-corrected chi connectivity index (χ2v) is 4.11. The molecular weight excluding hydrogens is 245 g/mol. The van der Waals surface area contributed by atoms with Crippen molar-refractivity contribution in [3.05, 3.63) is 28.5 Å². The molecule has 0 aromatic heterocycles. The maximum absolute atomic E-state index is 12.9. The molecule has 0 amide bonds. The van der Waals surface area contributed by atoms with Gasteiger partial charge in [-0.3, -0.25) is 0 Å². The first-order chi connectivity index (χ1) is 6.74. The Balaban J connectivity index is 2.45. The molecule has 3 heteroatoms. The predicted octanol–water partition coefficient (Wildman–Crippen LogP) is 4.19. The molecule has 78 valence electrons. The standard InChI is InChI=1S/C11H15BrFN/c1-2-3-4-7-14-11-8-9(13)5-6-10(11)12/h5-6,8,14H,2-4,7H2,1H3. The lowest BCUT2D eigenvalue weighted by atomic mass is 10.2. The first-order valence-electron chi connectivity index (χ1n) is 4.93. The van der Waals surface area contributed by atoms with Gasteiger partial charge in [0.15, 0.2) is 0 Å². The molecule has 1 N–H and O–H groups in total. The predicted molar refractivity (Wildman–Crippen MR) is 62.1 cm³/mol. The molecule has 0 bridgehead atoms. The number of halogens is 2. The van der Waals surface area contributed by atoms with E-state index in [1.165, 1.54) is 25.0 Å². The minimum Gasteiger partial charge on any atom is -0.384 e. The number of nitrogens with one attached hydrogen (secondary N) is 1. The van der Waals surface area contributed by atoms with Crippen LogP contribution >= 0.6 is 15.9 Å². The minimum atomic E-state index is -0.203. The summed E-state index contributed by atoms with van der Waals surface area (Å²) in [6.07, 6.45) is 3.53. The maximum Gasteiger partial charge on any atom is 0.125 e. The largest absolute Gasteiger partial charge is 0.384 e. The normalized spacial score (nSPS) is 10.2. The first kappa shape index (κ1) is 11.5.